The number of ether oxygens (including phenoxy) is 1. The fourth-order valence-corrected chi connectivity index (χ4v) is 3.84. The van der Waals surface area contributed by atoms with Crippen LogP contribution in [-0.2, 0) is 6.42 Å². The highest BCUT2D eigenvalue weighted by atomic mass is 16.5. The Morgan fingerprint density at radius 2 is 1.97 bits per heavy atom. The summed E-state index contributed by atoms with van der Waals surface area (Å²) in [6.45, 7) is 6.27. The second kappa shape index (κ2) is 8.52. The van der Waals surface area contributed by atoms with E-state index in [2.05, 4.69) is 53.2 Å². The van der Waals surface area contributed by atoms with E-state index >= 15 is 0 Å². The maximum absolute atomic E-state index is 12.5. The van der Waals surface area contributed by atoms with E-state index < -0.39 is 5.91 Å². The second-order valence-electron chi connectivity index (χ2n) is 7.33. The number of furan rings is 1. The molecule has 0 atom stereocenters. The number of rotatable bonds is 6. The molecular formula is C25H25N3O3. The van der Waals surface area contributed by atoms with Gasteiger partial charge in [0.1, 0.15) is 0 Å². The Hall–Kier alpha value is -3.80. The topological polar surface area (TPSA) is 68.8 Å². The molecule has 0 unspecified atom stereocenters. The summed E-state index contributed by atoms with van der Waals surface area (Å²) < 4.78 is 13.2. The Balaban J connectivity index is 1.55. The molecular weight excluding hydrogens is 390 g/mol. The minimum Gasteiger partial charge on any atom is -0.493 e. The predicted molar refractivity (Wildman–Crippen MR) is 122 cm³/mol. The summed E-state index contributed by atoms with van der Waals surface area (Å²) in [5, 5.41) is 4.95. The van der Waals surface area contributed by atoms with Crippen LogP contribution < -0.4 is 10.2 Å². The van der Waals surface area contributed by atoms with Crippen LogP contribution in [0, 0.1) is 13.8 Å². The number of benzene rings is 2. The van der Waals surface area contributed by atoms with E-state index in [-0.39, 0.29) is 5.76 Å². The van der Waals surface area contributed by atoms with E-state index in [4.69, 9.17) is 9.15 Å². The molecule has 1 amide bonds. The third-order valence-electron chi connectivity index (χ3n) is 5.41. The zero-order chi connectivity index (χ0) is 22.0. The Labute approximate surface area is 181 Å². The SMILES string of the molecule is CCc1ccccc1-n1c(C)cc(/C=N\NC(=O)c2cc3cccc(OC)c3o2)c1C. The molecule has 0 aliphatic heterocycles. The van der Waals surface area contributed by atoms with Crippen LogP contribution in [0.5, 0.6) is 5.75 Å². The van der Waals surface area contributed by atoms with Crippen LogP contribution in [-0.4, -0.2) is 23.8 Å². The molecule has 31 heavy (non-hydrogen) atoms. The van der Waals surface area contributed by atoms with Crippen LogP contribution in [0.15, 0.2) is 64.1 Å². The van der Waals surface area contributed by atoms with Gasteiger partial charge in [-0.05, 0) is 50.1 Å². The third-order valence-corrected chi connectivity index (χ3v) is 5.41. The molecule has 1 N–H and O–H groups in total. The number of aryl methyl sites for hydroxylation is 2. The van der Waals surface area contributed by atoms with Crippen LogP contribution in [0.3, 0.4) is 0 Å². The first-order chi connectivity index (χ1) is 15.0. The lowest BCUT2D eigenvalue weighted by Gasteiger charge is -2.13. The van der Waals surface area contributed by atoms with Gasteiger partial charge in [0.15, 0.2) is 17.1 Å². The molecule has 0 spiro atoms. The first-order valence-electron chi connectivity index (χ1n) is 10.2. The van der Waals surface area contributed by atoms with E-state index in [0.717, 1.165) is 28.8 Å². The number of hydrazone groups is 1. The summed E-state index contributed by atoms with van der Waals surface area (Å²) in [5.41, 5.74) is 8.64. The van der Waals surface area contributed by atoms with Gasteiger partial charge in [0.2, 0.25) is 0 Å². The smallest absolute Gasteiger partial charge is 0.307 e. The van der Waals surface area contributed by atoms with E-state index in [1.165, 1.54) is 11.3 Å². The minimum atomic E-state index is -0.417. The van der Waals surface area contributed by atoms with Crippen molar-refractivity contribution in [2.24, 2.45) is 5.10 Å². The summed E-state index contributed by atoms with van der Waals surface area (Å²) in [6, 6.07) is 17.6. The molecule has 4 aromatic rings. The van der Waals surface area contributed by atoms with Crippen LogP contribution in [0.4, 0.5) is 0 Å². The molecule has 0 saturated heterocycles. The molecule has 0 saturated carbocycles. The monoisotopic (exact) mass is 415 g/mol. The molecule has 0 radical (unpaired) electrons. The molecule has 4 rings (SSSR count). The highest BCUT2D eigenvalue weighted by Crippen LogP contribution is 2.28. The summed E-state index contributed by atoms with van der Waals surface area (Å²) in [6.07, 6.45) is 2.61. The molecule has 0 fully saturated rings. The molecule has 0 aliphatic rings. The number of nitrogens with one attached hydrogen (secondary N) is 1. The van der Waals surface area contributed by atoms with Gasteiger partial charge in [0.05, 0.1) is 13.3 Å². The average molecular weight is 415 g/mol. The molecule has 2 aromatic heterocycles. The number of nitrogens with zero attached hydrogens (tertiary/aromatic N) is 2. The van der Waals surface area contributed by atoms with Gasteiger partial charge in [-0.1, -0.05) is 37.3 Å². The lowest BCUT2D eigenvalue weighted by molar-refractivity contribution is 0.0929. The van der Waals surface area contributed by atoms with Crippen molar-refractivity contribution in [2.75, 3.05) is 7.11 Å². The van der Waals surface area contributed by atoms with Crippen molar-refractivity contribution in [2.45, 2.75) is 27.2 Å². The highest BCUT2D eigenvalue weighted by molar-refractivity contribution is 5.97. The minimum absolute atomic E-state index is 0.180. The molecule has 0 aliphatic carbocycles. The summed E-state index contributed by atoms with van der Waals surface area (Å²) in [4.78, 5) is 12.5. The van der Waals surface area contributed by atoms with Crippen molar-refractivity contribution in [3.63, 3.8) is 0 Å². The van der Waals surface area contributed by atoms with E-state index in [9.17, 15) is 4.79 Å². The van der Waals surface area contributed by atoms with Gasteiger partial charge in [-0.15, -0.1) is 0 Å². The second-order valence-corrected chi connectivity index (χ2v) is 7.33. The van der Waals surface area contributed by atoms with Gasteiger partial charge in [0, 0.05) is 28.0 Å². The number of hydrogen-bond donors (Lipinski definition) is 1. The number of para-hydroxylation sites is 2. The Bertz CT molecular complexity index is 1280. The largest absolute Gasteiger partial charge is 0.493 e. The van der Waals surface area contributed by atoms with Crippen molar-refractivity contribution in [1.29, 1.82) is 0 Å². The fourth-order valence-electron chi connectivity index (χ4n) is 3.84. The maximum atomic E-state index is 12.5. The van der Waals surface area contributed by atoms with Gasteiger partial charge in [0.25, 0.3) is 0 Å². The first-order valence-corrected chi connectivity index (χ1v) is 10.2. The summed E-state index contributed by atoms with van der Waals surface area (Å²) >= 11 is 0. The molecule has 6 nitrogen and oxygen atoms in total. The summed E-state index contributed by atoms with van der Waals surface area (Å²) in [5.74, 6) is 0.346. The number of hydrogen-bond acceptors (Lipinski definition) is 4. The number of amides is 1. The van der Waals surface area contributed by atoms with Gasteiger partial charge >= 0.3 is 5.91 Å². The molecule has 0 bridgehead atoms. The fraction of sp³-hybridized carbons (Fsp3) is 0.200. The Kier molecular flexibility index (Phi) is 5.62. The zero-order valence-corrected chi connectivity index (χ0v) is 18.1. The van der Waals surface area contributed by atoms with Crippen LogP contribution in [0.1, 0.15) is 40.0 Å². The third kappa shape index (κ3) is 3.84. The van der Waals surface area contributed by atoms with Gasteiger partial charge in [-0.2, -0.15) is 5.10 Å². The van der Waals surface area contributed by atoms with E-state index in [1.54, 1.807) is 25.5 Å². The van der Waals surface area contributed by atoms with Crippen LogP contribution >= 0.6 is 0 Å². The lowest BCUT2D eigenvalue weighted by atomic mass is 10.1. The van der Waals surface area contributed by atoms with Crippen molar-refractivity contribution in [1.82, 2.24) is 9.99 Å². The first kappa shape index (κ1) is 20.5. The van der Waals surface area contributed by atoms with E-state index in [1.807, 2.05) is 25.1 Å². The van der Waals surface area contributed by atoms with Gasteiger partial charge in [-0.25, -0.2) is 5.43 Å². The lowest BCUT2D eigenvalue weighted by Crippen LogP contribution is -2.16. The molecule has 158 valence electrons. The zero-order valence-electron chi connectivity index (χ0n) is 18.1. The maximum Gasteiger partial charge on any atom is 0.307 e. The van der Waals surface area contributed by atoms with Gasteiger partial charge < -0.3 is 13.7 Å². The normalized spacial score (nSPS) is 11.4. The number of carbonyl (C=O) groups excluding carboxylic acids is 1. The molecule has 2 aromatic carbocycles. The van der Waals surface area contributed by atoms with Crippen molar-refractivity contribution in [3.8, 4) is 11.4 Å². The summed E-state index contributed by atoms with van der Waals surface area (Å²) in [7, 11) is 1.57. The van der Waals surface area contributed by atoms with Crippen LogP contribution in [0.2, 0.25) is 0 Å². The highest BCUT2D eigenvalue weighted by Gasteiger charge is 2.15. The number of methoxy groups -OCH3 is 1. The van der Waals surface area contributed by atoms with Crippen molar-refractivity contribution < 1.29 is 13.9 Å². The number of aromatic nitrogens is 1. The Morgan fingerprint density at radius 3 is 2.74 bits per heavy atom. The standard InChI is InChI=1S/C25H25N3O3/c1-5-18-9-6-7-11-21(18)28-16(2)13-20(17(28)3)15-26-27-25(29)23-14-19-10-8-12-22(30-4)24(19)31-23/h6-15H,5H2,1-4H3,(H,27,29)/b26-15-. The van der Waals surface area contributed by atoms with Gasteiger partial charge in [-0.3, -0.25) is 4.79 Å². The Morgan fingerprint density at radius 1 is 1.16 bits per heavy atom. The van der Waals surface area contributed by atoms with Crippen LogP contribution in [0.25, 0.3) is 16.7 Å². The molecule has 2 heterocycles. The number of carbonyl (C=O) groups is 1. The predicted octanol–water partition coefficient (Wildman–Crippen LogP) is 5.18. The quantitative estimate of drug-likeness (QED) is 0.349. The van der Waals surface area contributed by atoms with Crippen molar-refractivity contribution in [3.05, 3.63) is 82.9 Å². The van der Waals surface area contributed by atoms with E-state index in [0.29, 0.717) is 11.3 Å². The molecule has 6 heteroatoms. The average Bonchev–Trinajstić information content (AvgIpc) is 3.34. The van der Waals surface area contributed by atoms with Crippen molar-refractivity contribution >= 4 is 23.1 Å². The number of fused-ring (bicyclic) bond motifs is 1.